The molecule has 0 saturated heterocycles. The van der Waals surface area contributed by atoms with Gasteiger partial charge in [-0.3, -0.25) is 28.8 Å². The van der Waals surface area contributed by atoms with Gasteiger partial charge in [0.1, 0.15) is 24.3 Å². The van der Waals surface area contributed by atoms with Crippen LogP contribution >= 0.6 is 0 Å². The van der Waals surface area contributed by atoms with Gasteiger partial charge in [0, 0.05) is 39.3 Å². The Kier molecular flexibility index (Phi) is 17.3. The first kappa shape index (κ1) is 43.3. The number of benzene rings is 2. The highest BCUT2D eigenvalue weighted by atomic mass is 16.5. The molecule has 0 aliphatic heterocycles. The second kappa shape index (κ2) is 20.8. The molecule has 0 heterocycles. The van der Waals surface area contributed by atoms with Crippen LogP contribution in [0.5, 0.6) is 0 Å². The van der Waals surface area contributed by atoms with Crippen LogP contribution in [-0.4, -0.2) is 110 Å². The number of ether oxygens (including phenoxy) is 2. The molecule has 52 heavy (non-hydrogen) atoms. The normalized spacial score (nSPS) is 14.6. The van der Waals surface area contributed by atoms with Gasteiger partial charge in [-0.2, -0.15) is 0 Å². The summed E-state index contributed by atoms with van der Waals surface area (Å²) in [6.45, 7) is 5.90. The van der Waals surface area contributed by atoms with Crippen LogP contribution in [-0.2, 0) is 41.9 Å². The maximum absolute atomic E-state index is 13.8. The molecule has 286 valence electrons. The molecule has 0 bridgehead atoms. The summed E-state index contributed by atoms with van der Waals surface area (Å²) in [6, 6.07) is 10.5. The minimum Gasteiger partial charge on any atom is -0.387 e. The third-order valence-electron chi connectivity index (χ3n) is 8.29. The maximum Gasteiger partial charge on any atom is 0.252 e. The van der Waals surface area contributed by atoms with Gasteiger partial charge in [-0.25, -0.2) is 0 Å². The van der Waals surface area contributed by atoms with Crippen molar-refractivity contribution in [1.29, 1.82) is 0 Å². The lowest BCUT2D eigenvalue weighted by Gasteiger charge is -2.33. The van der Waals surface area contributed by atoms with E-state index in [1.807, 2.05) is 0 Å². The molecule has 2 aromatic rings. The first-order valence-corrected chi connectivity index (χ1v) is 16.9. The van der Waals surface area contributed by atoms with Gasteiger partial charge >= 0.3 is 0 Å². The van der Waals surface area contributed by atoms with Gasteiger partial charge in [-0.05, 0) is 35.1 Å². The third kappa shape index (κ3) is 11.6. The zero-order valence-electron chi connectivity index (χ0n) is 30.8. The smallest absolute Gasteiger partial charge is 0.252 e. The molecule has 6 amide bonds. The van der Waals surface area contributed by atoms with Gasteiger partial charge in [-0.1, -0.05) is 64.1 Å². The molecular formula is C36H52N6O10. The highest BCUT2D eigenvalue weighted by molar-refractivity contribution is 5.96. The van der Waals surface area contributed by atoms with Gasteiger partial charge in [-0.15, -0.1) is 0 Å². The first-order valence-electron chi connectivity index (χ1n) is 16.9. The molecule has 16 nitrogen and oxygen atoms in total. The lowest BCUT2D eigenvalue weighted by Crippen LogP contribution is -2.60. The largest absolute Gasteiger partial charge is 0.387 e. The Morgan fingerprint density at radius 2 is 0.865 bits per heavy atom. The summed E-state index contributed by atoms with van der Waals surface area (Å²) >= 11 is 0. The van der Waals surface area contributed by atoms with E-state index in [-0.39, 0.29) is 11.1 Å². The second-order valence-electron chi connectivity index (χ2n) is 12.6. The van der Waals surface area contributed by atoms with Gasteiger partial charge in [0.2, 0.25) is 11.8 Å². The van der Waals surface area contributed by atoms with Crippen LogP contribution in [0.25, 0.3) is 0 Å². The molecule has 0 spiro atoms. The predicted molar refractivity (Wildman–Crippen MR) is 191 cm³/mol. The van der Waals surface area contributed by atoms with Crippen LogP contribution in [0, 0.1) is 11.8 Å². The van der Waals surface area contributed by atoms with Crippen LogP contribution in [0.3, 0.4) is 0 Å². The van der Waals surface area contributed by atoms with Gasteiger partial charge in [0.15, 0.2) is 12.2 Å². The summed E-state index contributed by atoms with van der Waals surface area (Å²) in [6.07, 6.45) is -8.25. The lowest BCUT2D eigenvalue weighted by molar-refractivity contribution is -0.171. The van der Waals surface area contributed by atoms with Gasteiger partial charge in [0.25, 0.3) is 23.6 Å². The van der Waals surface area contributed by atoms with Crippen LogP contribution in [0.4, 0.5) is 0 Å². The van der Waals surface area contributed by atoms with E-state index in [1.165, 1.54) is 40.3 Å². The number of nitrogens with one attached hydrogen (secondary N) is 6. The average molecular weight is 729 g/mol. The Hall–Kier alpha value is -4.90. The third-order valence-corrected chi connectivity index (χ3v) is 8.29. The highest BCUT2D eigenvalue weighted by Crippen LogP contribution is 2.20. The van der Waals surface area contributed by atoms with E-state index in [4.69, 9.17) is 9.47 Å². The Balaban J connectivity index is 2.60. The second-order valence-corrected chi connectivity index (χ2v) is 12.6. The van der Waals surface area contributed by atoms with Crippen molar-refractivity contribution in [2.24, 2.45) is 11.8 Å². The van der Waals surface area contributed by atoms with E-state index in [9.17, 15) is 39.0 Å². The molecule has 0 aromatic heterocycles. The Morgan fingerprint density at radius 3 is 1.15 bits per heavy atom. The molecule has 16 heteroatoms. The van der Waals surface area contributed by atoms with Crippen LogP contribution < -0.4 is 31.9 Å². The fourth-order valence-corrected chi connectivity index (χ4v) is 5.23. The Labute approximate surface area is 303 Å². The molecule has 8 N–H and O–H groups in total. The minimum atomic E-state index is -2.19. The molecule has 0 aliphatic rings. The quantitative estimate of drug-likeness (QED) is 0.0913. The molecule has 0 unspecified atom stereocenters. The van der Waals surface area contributed by atoms with E-state index in [2.05, 4.69) is 31.9 Å². The zero-order valence-corrected chi connectivity index (χ0v) is 30.8. The van der Waals surface area contributed by atoms with Gasteiger partial charge < -0.3 is 51.6 Å². The number of aliphatic hydroxyl groups excluding tert-OH is 2. The van der Waals surface area contributed by atoms with Crippen molar-refractivity contribution in [2.45, 2.75) is 77.4 Å². The number of aliphatic hydroxyl groups is 2. The number of rotatable bonds is 19. The fourth-order valence-electron chi connectivity index (χ4n) is 5.23. The van der Waals surface area contributed by atoms with Crippen molar-refractivity contribution in [3.8, 4) is 0 Å². The molecule has 2 rings (SSSR count). The average Bonchev–Trinajstić information content (AvgIpc) is 3.14. The summed E-state index contributed by atoms with van der Waals surface area (Å²) in [5, 5.41) is 38.4. The molecule has 0 aliphatic carbocycles. The Morgan fingerprint density at radius 1 is 0.538 bits per heavy atom. The topological polar surface area (TPSA) is 234 Å². The van der Waals surface area contributed by atoms with Crippen LogP contribution in [0.2, 0.25) is 0 Å². The maximum atomic E-state index is 13.8. The van der Waals surface area contributed by atoms with Crippen LogP contribution in [0.1, 0.15) is 59.5 Å². The van der Waals surface area contributed by atoms with E-state index in [0.717, 1.165) is 0 Å². The number of amides is 6. The molecule has 0 fully saturated rings. The summed E-state index contributed by atoms with van der Waals surface area (Å²) in [5.74, 6) is -4.82. The molecular weight excluding hydrogens is 676 g/mol. The molecule has 2 aromatic carbocycles. The van der Waals surface area contributed by atoms with Crippen molar-refractivity contribution in [1.82, 2.24) is 31.9 Å². The monoisotopic (exact) mass is 728 g/mol. The van der Waals surface area contributed by atoms with Crippen molar-refractivity contribution >= 4 is 35.4 Å². The number of hydrogen-bond donors (Lipinski definition) is 8. The zero-order chi connectivity index (χ0) is 39.1. The predicted octanol–water partition coefficient (Wildman–Crippen LogP) is -0.628. The van der Waals surface area contributed by atoms with Crippen molar-refractivity contribution in [2.75, 3.05) is 28.2 Å². The van der Waals surface area contributed by atoms with Crippen LogP contribution in [0.15, 0.2) is 48.5 Å². The summed E-state index contributed by atoms with van der Waals surface area (Å²) in [5.41, 5.74) is 1.09. The SMILES string of the molecule is CNC(=O)c1ccccc1CO[C@@H](C(=O)N[C@H](C(=O)NC)C(C)C)[C@H](O)[C@@H](O)[C@@H](OCc1ccccc1C(=O)NC)C(=O)N[C@H](C(=O)NC)C(C)C. The summed E-state index contributed by atoms with van der Waals surface area (Å²) in [7, 11) is 5.65. The van der Waals surface area contributed by atoms with Gasteiger partial charge in [0.05, 0.1) is 13.2 Å². The standard InChI is InChI=1S/C36H52N6O10/c1-19(2)25(33(47)39-7)41-35(49)29(51-17-21-13-9-11-15-23(21)31(45)37-5)27(43)28(44)30(36(50)42-26(20(3)4)34(48)40-8)52-18-22-14-10-12-16-24(22)32(46)38-6/h9-16,19-20,25-30,43-44H,17-18H2,1-8H3,(H,37,45)(H,38,46)(H,39,47)(H,40,48)(H,41,49)(H,42,50)/t25-,26-,27+,28+,29+,30+/m0/s1. The number of carbonyl (C=O) groups is 6. The van der Waals surface area contributed by atoms with Crippen molar-refractivity contribution in [3.05, 3.63) is 70.8 Å². The molecule has 0 radical (unpaired) electrons. The van der Waals surface area contributed by atoms with E-state index in [1.54, 1.807) is 64.1 Å². The number of likely N-dealkylation sites (N-methyl/N-ethyl adjacent to an activating group) is 2. The molecule has 0 saturated carbocycles. The van der Waals surface area contributed by atoms with E-state index < -0.39 is 97.0 Å². The Bertz CT molecular complexity index is 1440. The number of hydrogen-bond acceptors (Lipinski definition) is 10. The fraction of sp³-hybridized carbons (Fsp3) is 0.500. The van der Waals surface area contributed by atoms with E-state index >= 15 is 0 Å². The minimum absolute atomic E-state index is 0.217. The lowest BCUT2D eigenvalue weighted by atomic mass is 9.98. The molecule has 6 atom stereocenters. The van der Waals surface area contributed by atoms with Crippen molar-refractivity contribution < 1.29 is 48.5 Å². The summed E-state index contributed by atoms with van der Waals surface area (Å²) < 4.78 is 11.8. The first-order chi connectivity index (χ1) is 24.6. The van der Waals surface area contributed by atoms with Crippen molar-refractivity contribution in [3.63, 3.8) is 0 Å². The van der Waals surface area contributed by atoms with E-state index in [0.29, 0.717) is 11.1 Å². The highest BCUT2D eigenvalue weighted by Gasteiger charge is 2.43. The number of carbonyl (C=O) groups excluding carboxylic acids is 6. The summed E-state index contributed by atoms with van der Waals surface area (Å²) in [4.78, 5) is 78.0.